The third-order valence-corrected chi connectivity index (χ3v) is 3.58. The highest BCUT2D eigenvalue weighted by atomic mass is 35.5. The number of phenols is 2. The minimum Gasteiger partial charge on any atom is -0.508 e. The first kappa shape index (κ1) is 16.0. The number of anilines is 1. The molecule has 0 atom stereocenters. The Balaban J connectivity index is 2.23. The molecule has 0 spiro atoms. The van der Waals surface area contributed by atoms with Crippen molar-refractivity contribution < 1.29 is 19.7 Å². The lowest BCUT2D eigenvalue weighted by atomic mass is 10.1. The zero-order chi connectivity index (χ0) is 16.3. The maximum atomic E-state index is 12.4. The molecule has 5 nitrogen and oxygen atoms in total. The molecule has 0 aliphatic carbocycles. The van der Waals surface area contributed by atoms with Crippen molar-refractivity contribution in [2.24, 2.45) is 0 Å². The van der Waals surface area contributed by atoms with Gasteiger partial charge in [-0.1, -0.05) is 23.7 Å². The van der Waals surface area contributed by atoms with Crippen LogP contribution < -0.4 is 9.64 Å². The Kier molecular flexibility index (Phi) is 4.78. The number of benzene rings is 2. The number of halogens is 1. The number of hydrogen-bond donors (Lipinski definition) is 2. The first-order chi connectivity index (χ1) is 10.4. The molecule has 1 amide bonds. The van der Waals surface area contributed by atoms with Crippen molar-refractivity contribution in [3.05, 3.63) is 47.0 Å². The third kappa shape index (κ3) is 3.43. The fraction of sp³-hybridized carbons (Fsp3) is 0.188. The fourth-order valence-corrected chi connectivity index (χ4v) is 2.16. The maximum absolute atomic E-state index is 12.4. The molecule has 0 fully saturated rings. The molecular formula is C16H16ClNO4. The maximum Gasteiger partial charge on any atom is 0.231 e. The van der Waals surface area contributed by atoms with E-state index in [4.69, 9.17) is 16.3 Å². The zero-order valence-corrected chi connectivity index (χ0v) is 13.0. The monoisotopic (exact) mass is 321 g/mol. The molecule has 0 bridgehead atoms. The lowest BCUT2D eigenvalue weighted by Gasteiger charge is -2.20. The van der Waals surface area contributed by atoms with Crippen LogP contribution in [-0.2, 0) is 11.2 Å². The number of methoxy groups -OCH3 is 1. The van der Waals surface area contributed by atoms with Crippen LogP contribution in [0.25, 0.3) is 0 Å². The molecule has 0 saturated heterocycles. The van der Waals surface area contributed by atoms with Crippen LogP contribution in [0.15, 0.2) is 36.4 Å². The van der Waals surface area contributed by atoms with Crippen molar-refractivity contribution in [1.82, 2.24) is 0 Å². The van der Waals surface area contributed by atoms with Crippen molar-refractivity contribution in [1.29, 1.82) is 0 Å². The van der Waals surface area contributed by atoms with Gasteiger partial charge < -0.3 is 19.8 Å². The van der Waals surface area contributed by atoms with E-state index in [1.165, 1.54) is 36.3 Å². The van der Waals surface area contributed by atoms with E-state index in [1.807, 2.05) is 0 Å². The van der Waals surface area contributed by atoms with Gasteiger partial charge in [-0.25, -0.2) is 0 Å². The van der Waals surface area contributed by atoms with E-state index < -0.39 is 0 Å². The number of carbonyl (C=O) groups excluding carboxylic acids is 1. The molecule has 22 heavy (non-hydrogen) atoms. The summed E-state index contributed by atoms with van der Waals surface area (Å²) in [5.74, 6) is 0.215. The Hall–Kier alpha value is -2.40. The molecule has 0 aromatic heterocycles. The number of ether oxygens (including phenoxy) is 1. The topological polar surface area (TPSA) is 70.0 Å². The van der Waals surface area contributed by atoms with Gasteiger partial charge in [0.1, 0.15) is 17.2 Å². The van der Waals surface area contributed by atoms with Crippen LogP contribution >= 0.6 is 11.6 Å². The highest BCUT2D eigenvalue weighted by molar-refractivity contribution is 6.32. The molecular weight excluding hydrogens is 306 g/mol. The molecule has 0 saturated carbocycles. The number of rotatable bonds is 4. The van der Waals surface area contributed by atoms with Crippen LogP contribution in [0.4, 0.5) is 5.69 Å². The Morgan fingerprint density at radius 3 is 2.45 bits per heavy atom. The van der Waals surface area contributed by atoms with Gasteiger partial charge in [0.25, 0.3) is 0 Å². The molecule has 116 valence electrons. The highest BCUT2D eigenvalue weighted by Crippen LogP contribution is 2.37. The van der Waals surface area contributed by atoms with E-state index in [2.05, 4.69) is 0 Å². The normalized spacial score (nSPS) is 10.3. The van der Waals surface area contributed by atoms with Gasteiger partial charge >= 0.3 is 0 Å². The predicted octanol–water partition coefficient (Wildman–Crippen LogP) is 2.97. The molecule has 0 unspecified atom stereocenters. The molecule has 2 aromatic carbocycles. The highest BCUT2D eigenvalue weighted by Gasteiger charge is 2.18. The number of nitrogens with zero attached hydrogens (tertiary/aromatic N) is 1. The average Bonchev–Trinajstić information content (AvgIpc) is 2.51. The van der Waals surface area contributed by atoms with E-state index >= 15 is 0 Å². The molecule has 6 heteroatoms. The molecule has 0 aliphatic heterocycles. The van der Waals surface area contributed by atoms with E-state index in [9.17, 15) is 15.0 Å². The minimum atomic E-state index is -0.175. The zero-order valence-electron chi connectivity index (χ0n) is 12.2. The number of amides is 1. The van der Waals surface area contributed by atoms with Crippen molar-refractivity contribution in [2.75, 3.05) is 19.1 Å². The summed E-state index contributed by atoms with van der Waals surface area (Å²) in [6.07, 6.45) is 0.165. The number of aromatic hydroxyl groups is 2. The first-order valence-corrected chi connectivity index (χ1v) is 6.91. The summed E-state index contributed by atoms with van der Waals surface area (Å²) in [6.45, 7) is 0. The van der Waals surface area contributed by atoms with Gasteiger partial charge in [-0.2, -0.15) is 0 Å². The van der Waals surface area contributed by atoms with Crippen LogP contribution in [0.1, 0.15) is 5.56 Å². The standard InChI is InChI=1S/C16H16ClNO4/c1-18(13-8-12(17)14(20)9-15(13)22-2)16(21)7-10-3-5-11(19)6-4-10/h3-6,8-9,19-20H,7H2,1-2H3. The number of carbonyl (C=O) groups is 1. The van der Waals surface area contributed by atoms with Crippen molar-refractivity contribution >= 4 is 23.2 Å². The second-order valence-electron chi connectivity index (χ2n) is 4.77. The number of hydrogen-bond acceptors (Lipinski definition) is 4. The summed E-state index contributed by atoms with van der Waals surface area (Å²) in [4.78, 5) is 13.8. The lowest BCUT2D eigenvalue weighted by molar-refractivity contribution is -0.117. The summed E-state index contributed by atoms with van der Waals surface area (Å²) < 4.78 is 5.17. The van der Waals surface area contributed by atoms with Crippen LogP contribution in [0.3, 0.4) is 0 Å². The Bertz CT molecular complexity index is 685. The smallest absolute Gasteiger partial charge is 0.231 e. The van der Waals surface area contributed by atoms with Crippen LogP contribution in [0.2, 0.25) is 5.02 Å². The van der Waals surface area contributed by atoms with Gasteiger partial charge in [0.05, 0.1) is 24.2 Å². The first-order valence-electron chi connectivity index (χ1n) is 6.53. The summed E-state index contributed by atoms with van der Waals surface area (Å²) in [5, 5.41) is 19.0. The van der Waals surface area contributed by atoms with Gasteiger partial charge in [-0.15, -0.1) is 0 Å². The van der Waals surface area contributed by atoms with Gasteiger partial charge in [0.15, 0.2) is 0 Å². The fourth-order valence-electron chi connectivity index (χ4n) is 2.00. The third-order valence-electron chi connectivity index (χ3n) is 3.28. The lowest BCUT2D eigenvalue weighted by Crippen LogP contribution is -2.28. The Labute approximate surface area is 133 Å². The molecule has 0 radical (unpaired) electrons. The van der Waals surface area contributed by atoms with Crippen molar-refractivity contribution in [3.8, 4) is 17.2 Å². The van der Waals surface area contributed by atoms with Crippen LogP contribution in [-0.4, -0.2) is 30.3 Å². The molecule has 2 rings (SSSR count). The van der Waals surface area contributed by atoms with E-state index in [-0.39, 0.29) is 28.8 Å². The second-order valence-corrected chi connectivity index (χ2v) is 5.18. The number of phenolic OH excluding ortho intramolecular Hbond substituents is 2. The van der Waals surface area contributed by atoms with Gasteiger partial charge in [0, 0.05) is 13.1 Å². The predicted molar refractivity (Wildman–Crippen MR) is 84.9 cm³/mol. The molecule has 0 aliphatic rings. The van der Waals surface area contributed by atoms with Crippen molar-refractivity contribution in [2.45, 2.75) is 6.42 Å². The summed E-state index contributed by atoms with van der Waals surface area (Å²) >= 11 is 5.90. The number of likely N-dealkylation sites (N-methyl/N-ethyl adjacent to an activating group) is 1. The largest absolute Gasteiger partial charge is 0.508 e. The minimum absolute atomic E-state index is 0.110. The quantitative estimate of drug-likeness (QED) is 0.908. The summed E-state index contributed by atoms with van der Waals surface area (Å²) in [6, 6.07) is 9.26. The summed E-state index contributed by atoms with van der Waals surface area (Å²) in [7, 11) is 3.05. The second kappa shape index (κ2) is 6.58. The Morgan fingerprint density at radius 1 is 1.23 bits per heavy atom. The Morgan fingerprint density at radius 2 is 1.86 bits per heavy atom. The van der Waals surface area contributed by atoms with Gasteiger partial charge in [-0.3, -0.25) is 4.79 Å². The van der Waals surface area contributed by atoms with Gasteiger partial charge in [0.2, 0.25) is 5.91 Å². The summed E-state index contributed by atoms with van der Waals surface area (Å²) in [5.41, 5.74) is 1.24. The SMILES string of the molecule is COc1cc(O)c(Cl)cc1N(C)C(=O)Cc1ccc(O)cc1. The molecule has 2 aromatic rings. The van der Waals surface area contributed by atoms with Crippen molar-refractivity contribution in [3.63, 3.8) is 0 Å². The molecule has 2 N–H and O–H groups in total. The van der Waals surface area contributed by atoms with Gasteiger partial charge in [-0.05, 0) is 23.8 Å². The van der Waals surface area contributed by atoms with E-state index in [0.29, 0.717) is 11.4 Å². The average molecular weight is 322 g/mol. The molecule has 0 heterocycles. The van der Waals surface area contributed by atoms with Crippen LogP contribution in [0.5, 0.6) is 17.2 Å². The van der Waals surface area contributed by atoms with E-state index in [0.717, 1.165) is 5.56 Å². The van der Waals surface area contributed by atoms with Crippen LogP contribution in [0, 0.1) is 0 Å². The van der Waals surface area contributed by atoms with E-state index in [1.54, 1.807) is 19.2 Å².